The fourth-order valence-corrected chi connectivity index (χ4v) is 3.98. The van der Waals surface area contributed by atoms with Crippen LogP contribution in [0.4, 0.5) is 0 Å². The molecule has 0 radical (unpaired) electrons. The van der Waals surface area contributed by atoms with Crippen molar-refractivity contribution >= 4 is 0 Å². The number of aliphatic hydroxyl groups excluding tert-OH is 1. The summed E-state index contributed by atoms with van der Waals surface area (Å²) in [6.45, 7) is 0. The third-order valence-corrected chi connectivity index (χ3v) is 4.94. The average molecular weight is 231 g/mol. The van der Waals surface area contributed by atoms with Gasteiger partial charge in [-0.15, -0.1) is 0 Å². The van der Waals surface area contributed by atoms with Gasteiger partial charge in [-0.3, -0.25) is 0 Å². The minimum absolute atomic E-state index is 0.119. The molecule has 0 unspecified atom stereocenters. The third kappa shape index (κ3) is 1.54. The second-order valence-corrected chi connectivity index (χ2v) is 5.87. The highest BCUT2D eigenvalue weighted by atomic mass is 16.3. The zero-order valence-electron chi connectivity index (χ0n) is 10.2. The molecule has 2 aliphatic rings. The van der Waals surface area contributed by atoms with Crippen LogP contribution < -0.4 is 5.73 Å². The van der Waals surface area contributed by atoms with E-state index in [2.05, 4.69) is 30.3 Å². The van der Waals surface area contributed by atoms with Crippen molar-refractivity contribution in [1.82, 2.24) is 0 Å². The normalized spacial score (nSPS) is 35.5. The summed E-state index contributed by atoms with van der Waals surface area (Å²) in [6, 6.07) is 10.7. The van der Waals surface area contributed by atoms with E-state index in [-0.39, 0.29) is 17.1 Å². The molecule has 0 atom stereocenters. The van der Waals surface area contributed by atoms with Gasteiger partial charge in [0.05, 0.1) is 6.10 Å². The molecule has 0 heterocycles. The number of benzene rings is 1. The number of hydrogen-bond donors (Lipinski definition) is 2. The molecule has 2 aliphatic carbocycles. The van der Waals surface area contributed by atoms with Crippen molar-refractivity contribution in [3.63, 3.8) is 0 Å². The smallest absolute Gasteiger partial charge is 0.0575 e. The van der Waals surface area contributed by atoms with Crippen LogP contribution in [0.1, 0.15) is 44.1 Å². The molecule has 2 saturated carbocycles. The van der Waals surface area contributed by atoms with Crippen LogP contribution in [-0.4, -0.2) is 16.7 Å². The van der Waals surface area contributed by atoms with E-state index in [1.165, 1.54) is 31.2 Å². The lowest BCUT2D eigenvalue weighted by atomic mass is 9.55. The summed E-state index contributed by atoms with van der Waals surface area (Å²) >= 11 is 0. The van der Waals surface area contributed by atoms with E-state index in [0.717, 1.165) is 12.8 Å². The predicted octanol–water partition coefficient (Wildman–Crippen LogP) is 2.35. The molecule has 17 heavy (non-hydrogen) atoms. The Morgan fingerprint density at radius 2 is 1.65 bits per heavy atom. The van der Waals surface area contributed by atoms with Gasteiger partial charge in [-0.25, -0.2) is 0 Å². The van der Waals surface area contributed by atoms with Crippen LogP contribution in [-0.2, 0) is 5.41 Å². The Hall–Kier alpha value is -0.860. The number of rotatable bonds is 2. The van der Waals surface area contributed by atoms with Crippen LogP contribution in [0, 0.1) is 0 Å². The first-order chi connectivity index (χ1) is 8.16. The SMILES string of the molecule is NC1(C2(c3ccccc3)CCCC2)CC(O)C1. The Labute approximate surface area is 103 Å². The van der Waals surface area contributed by atoms with E-state index in [1.807, 2.05) is 0 Å². The molecule has 0 amide bonds. The first kappa shape index (κ1) is 11.2. The van der Waals surface area contributed by atoms with Gasteiger partial charge >= 0.3 is 0 Å². The van der Waals surface area contributed by atoms with Gasteiger partial charge in [0.15, 0.2) is 0 Å². The first-order valence-electron chi connectivity index (χ1n) is 6.69. The van der Waals surface area contributed by atoms with E-state index in [1.54, 1.807) is 0 Å². The molecule has 0 bridgehead atoms. The van der Waals surface area contributed by atoms with Crippen LogP contribution in [0.2, 0.25) is 0 Å². The van der Waals surface area contributed by atoms with Crippen molar-refractivity contribution in [3.05, 3.63) is 35.9 Å². The lowest BCUT2D eigenvalue weighted by Crippen LogP contribution is -2.66. The molecule has 2 fully saturated rings. The van der Waals surface area contributed by atoms with Gasteiger partial charge in [-0.2, -0.15) is 0 Å². The Balaban J connectivity index is 1.99. The average Bonchev–Trinajstić information content (AvgIpc) is 2.79. The van der Waals surface area contributed by atoms with E-state index < -0.39 is 0 Å². The largest absolute Gasteiger partial charge is 0.393 e. The zero-order chi connectivity index (χ0) is 11.9. The van der Waals surface area contributed by atoms with Gasteiger partial charge in [-0.1, -0.05) is 43.2 Å². The summed E-state index contributed by atoms with van der Waals surface area (Å²) in [7, 11) is 0. The standard InChI is InChI=1S/C15H21NO/c16-15(10-13(17)11-15)14(8-4-5-9-14)12-6-2-1-3-7-12/h1-3,6-7,13,17H,4-5,8-11,16H2. The molecule has 92 valence electrons. The Kier molecular flexibility index (Phi) is 2.53. The topological polar surface area (TPSA) is 46.2 Å². The molecule has 3 rings (SSSR count). The quantitative estimate of drug-likeness (QED) is 0.820. The lowest BCUT2D eigenvalue weighted by molar-refractivity contribution is -0.0214. The van der Waals surface area contributed by atoms with Gasteiger partial charge in [0.25, 0.3) is 0 Å². The molecule has 0 aliphatic heterocycles. The number of aliphatic hydroxyl groups is 1. The minimum Gasteiger partial charge on any atom is -0.393 e. The fourth-order valence-electron chi connectivity index (χ4n) is 3.98. The fraction of sp³-hybridized carbons (Fsp3) is 0.600. The van der Waals surface area contributed by atoms with Crippen molar-refractivity contribution in [2.75, 3.05) is 0 Å². The molecule has 0 spiro atoms. The highest BCUT2D eigenvalue weighted by Gasteiger charge is 2.57. The maximum atomic E-state index is 9.63. The van der Waals surface area contributed by atoms with Crippen molar-refractivity contribution in [3.8, 4) is 0 Å². The Morgan fingerprint density at radius 1 is 1.06 bits per heavy atom. The summed E-state index contributed by atoms with van der Waals surface area (Å²) in [5.74, 6) is 0. The number of nitrogens with two attached hydrogens (primary N) is 1. The minimum atomic E-state index is -0.179. The van der Waals surface area contributed by atoms with Gasteiger partial charge in [0, 0.05) is 11.0 Å². The second kappa shape index (κ2) is 3.82. The van der Waals surface area contributed by atoms with Gasteiger partial charge in [-0.05, 0) is 31.2 Å². The van der Waals surface area contributed by atoms with Crippen LogP contribution in [0.15, 0.2) is 30.3 Å². The van der Waals surface area contributed by atoms with Crippen molar-refractivity contribution in [2.24, 2.45) is 5.73 Å². The van der Waals surface area contributed by atoms with Crippen molar-refractivity contribution in [2.45, 2.75) is 55.6 Å². The zero-order valence-corrected chi connectivity index (χ0v) is 10.2. The van der Waals surface area contributed by atoms with E-state index in [0.29, 0.717) is 0 Å². The molecule has 0 saturated heterocycles. The predicted molar refractivity (Wildman–Crippen MR) is 68.7 cm³/mol. The molecule has 2 nitrogen and oxygen atoms in total. The molecule has 3 N–H and O–H groups in total. The summed E-state index contributed by atoms with van der Waals surface area (Å²) in [5, 5.41) is 9.63. The van der Waals surface area contributed by atoms with Crippen LogP contribution in [0.25, 0.3) is 0 Å². The monoisotopic (exact) mass is 231 g/mol. The van der Waals surface area contributed by atoms with Gasteiger partial charge < -0.3 is 10.8 Å². The molecule has 1 aromatic carbocycles. The third-order valence-electron chi connectivity index (χ3n) is 4.94. The highest BCUT2D eigenvalue weighted by Crippen LogP contribution is 2.54. The van der Waals surface area contributed by atoms with Crippen LogP contribution in [0.3, 0.4) is 0 Å². The molecular weight excluding hydrogens is 210 g/mol. The van der Waals surface area contributed by atoms with E-state index >= 15 is 0 Å². The summed E-state index contributed by atoms with van der Waals surface area (Å²) < 4.78 is 0. The summed E-state index contributed by atoms with van der Waals surface area (Å²) in [5.41, 5.74) is 7.93. The summed E-state index contributed by atoms with van der Waals surface area (Å²) in [4.78, 5) is 0. The lowest BCUT2D eigenvalue weighted by Gasteiger charge is -2.55. The van der Waals surface area contributed by atoms with E-state index in [9.17, 15) is 5.11 Å². The van der Waals surface area contributed by atoms with Crippen molar-refractivity contribution < 1.29 is 5.11 Å². The Morgan fingerprint density at radius 3 is 2.18 bits per heavy atom. The van der Waals surface area contributed by atoms with Gasteiger partial charge in [0.2, 0.25) is 0 Å². The van der Waals surface area contributed by atoms with Crippen LogP contribution in [0.5, 0.6) is 0 Å². The highest BCUT2D eigenvalue weighted by molar-refractivity contribution is 5.34. The molecule has 1 aromatic rings. The van der Waals surface area contributed by atoms with Gasteiger partial charge in [0.1, 0.15) is 0 Å². The molecular formula is C15H21NO. The van der Waals surface area contributed by atoms with E-state index in [4.69, 9.17) is 5.73 Å². The van der Waals surface area contributed by atoms with Crippen LogP contribution >= 0.6 is 0 Å². The number of hydrogen-bond acceptors (Lipinski definition) is 2. The maximum absolute atomic E-state index is 9.63. The summed E-state index contributed by atoms with van der Waals surface area (Å²) in [6.07, 6.45) is 6.25. The molecule has 0 aromatic heterocycles. The first-order valence-corrected chi connectivity index (χ1v) is 6.69. The Bertz CT molecular complexity index is 389. The maximum Gasteiger partial charge on any atom is 0.0575 e. The second-order valence-electron chi connectivity index (χ2n) is 5.87. The molecule has 2 heteroatoms. The van der Waals surface area contributed by atoms with Crippen molar-refractivity contribution in [1.29, 1.82) is 0 Å².